The fourth-order valence-corrected chi connectivity index (χ4v) is 5.62. The minimum Gasteiger partial charge on any atom is -0.332 e. The number of likely N-dealkylation sites (tertiary alicyclic amines) is 1. The lowest BCUT2D eigenvalue weighted by Gasteiger charge is -2.38. The molecule has 1 atom stereocenters. The van der Waals surface area contributed by atoms with Gasteiger partial charge in [-0.1, -0.05) is 25.3 Å². The Labute approximate surface area is 195 Å². The molecule has 174 valence electrons. The summed E-state index contributed by atoms with van der Waals surface area (Å²) in [5, 5.41) is 0. The van der Waals surface area contributed by atoms with Gasteiger partial charge in [-0.2, -0.15) is 0 Å². The molecule has 1 saturated carbocycles. The van der Waals surface area contributed by atoms with Gasteiger partial charge in [-0.25, -0.2) is 9.97 Å². The van der Waals surface area contributed by atoms with Crippen molar-refractivity contribution >= 4 is 17.6 Å². The van der Waals surface area contributed by atoms with Gasteiger partial charge in [0.05, 0.1) is 18.3 Å². The molecule has 2 amide bonds. The monoisotopic (exact) mass is 447 g/mol. The molecule has 4 heterocycles. The van der Waals surface area contributed by atoms with Crippen molar-refractivity contribution in [2.45, 2.75) is 83.7 Å². The summed E-state index contributed by atoms with van der Waals surface area (Å²) in [5.41, 5.74) is 2.79. The molecular formula is C26H33N5O2. The van der Waals surface area contributed by atoms with Crippen LogP contribution in [0, 0.1) is 12.8 Å². The number of aryl methyl sites for hydroxylation is 1. The summed E-state index contributed by atoms with van der Waals surface area (Å²) in [5.74, 6) is 1.88. The van der Waals surface area contributed by atoms with E-state index in [2.05, 4.69) is 4.98 Å². The maximum atomic E-state index is 13.5. The second-order valence-corrected chi connectivity index (χ2v) is 9.65. The lowest BCUT2D eigenvalue weighted by atomic mass is 9.87. The Morgan fingerprint density at radius 3 is 2.64 bits per heavy atom. The van der Waals surface area contributed by atoms with Crippen molar-refractivity contribution in [3.63, 3.8) is 0 Å². The average Bonchev–Trinajstić information content (AvgIpc) is 2.86. The topological polar surface area (TPSA) is 79.3 Å². The van der Waals surface area contributed by atoms with E-state index in [1.165, 1.54) is 6.42 Å². The molecule has 3 aliphatic rings. The molecule has 2 aromatic rings. The number of carbonyl (C=O) groups excluding carboxylic acids is 2. The number of nitrogens with zero attached hydrogens (tertiary/aromatic N) is 5. The third-order valence-electron chi connectivity index (χ3n) is 7.44. The molecule has 0 aromatic carbocycles. The molecule has 7 nitrogen and oxygen atoms in total. The first-order valence-electron chi connectivity index (χ1n) is 12.5. The molecule has 33 heavy (non-hydrogen) atoms. The molecule has 0 bridgehead atoms. The number of pyridine rings is 1. The highest BCUT2D eigenvalue weighted by molar-refractivity contribution is 5.95. The quantitative estimate of drug-likeness (QED) is 0.698. The third kappa shape index (κ3) is 4.50. The Morgan fingerprint density at radius 2 is 1.85 bits per heavy atom. The number of aromatic nitrogens is 3. The van der Waals surface area contributed by atoms with Crippen LogP contribution in [0.3, 0.4) is 0 Å². The Balaban J connectivity index is 1.47. The van der Waals surface area contributed by atoms with Crippen LogP contribution in [-0.4, -0.2) is 38.2 Å². The van der Waals surface area contributed by atoms with Gasteiger partial charge in [-0.05, 0) is 57.6 Å². The van der Waals surface area contributed by atoms with E-state index in [1.807, 2.05) is 30.0 Å². The summed E-state index contributed by atoms with van der Waals surface area (Å²) >= 11 is 0. The maximum absolute atomic E-state index is 13.5. The molecule has 0 radical (unpaired) electrons. The molecule has 0 spiro atoms. The molecule has 2 fully saturated rings. The molecule has 2 aliphatic heterocycles. The van der Waals surface area contributed by atoms with Gasteiger partial charge >= 0.3 is 0 Å². The first kappa shape index (κ1) is 22.0. The van der Waals surface area contributed by atoms with Gasteiger partial charge in [0.25, 0.3) is 0 Å². The van der Waals surface area contributed by atoms with E-state index >= 15 is 0 Å². The first-order chi connectivity index (χ1) is 16.1. The highest BCUT2D eigenvalue weighted by Crippen LogP contribution is 2.36. The molecule has 1 aliphatic carbocycles. The van der Waals surface area contributed by atoms with E-state index in [9.17, 15) is 9.59 Å². The SMILES string of the molecule is Cc1nc(C2CCCCN2C(=O)C2CCCCC2)nc2c1CCC(=O)N2Cc1ccccn1. The summed E-state index contributed by atoms with van der Waals surface area (Å²) in [7, 11) is 0. The minimum absolute atomic E-state index is 0.0657. The molecule has 0 N–H and O–H groups in total. The van der Waals surface area contributed by atoms with Crippen LogP contribution in [0.25, 0.3) is 0 Å². The van der Waals surface area contributed by atoms with E-state index < -0.39 is 0 Å². The van der Waals surface area contributed by atoms with Crippen molar-refractivity contribution < 1.29 is 9.59 Å². The predicted molar refractivity (Wildman–Crippen MR) is 125 cm³/mol. The van der Waals surface area contributed by atoms with E-state index in [0.717, 1.165) is 68.4 Å². The standard InChI is InChI=1S/C26H33N5O2/c1-18-21-13-14-23(32)31(17-20-11-5-7-15-27-20)25(21)29-24(28-18)22-12-6-8-16-30(22)26(33)19-9-3-2-4-10-19/h5,7,11,15,19,22H,2-4,6,8-10,12-14,16-17H2,1H3. The van der Waals surface area contributed by atoms with E-state index in [1.54, 1.807) is 11.1 Å². The highest BCUT2D eigenvalue weighted by atomic mass is 16.2. The summed E-state index contributed by atoms with van der Waals surface area (Å²) < 4.78 is 0. The maximum Gasteiger partial charge on any atom is 0.228 e. The van der Waals surface area contributed by atoms with Crippen LogP contribution < -0.4 is 4.90 Å². The zero-order valence-electron chi connectivity index (χ0n) is 19.5. The molecule has 7 heteroatoms. The third-order valence-corrected chi connectivity index (χ3v) is 7.44. The van der Waals surface area contributed by atoms with Crippen LogP contribution in [0.5, 0.6) is 0 Å². The van der Waals surface area contributed by atoms with Gasteiger partial charge in [-0.15, -0.1) is 0 Å². The molecule has 5 rings (SSSR count). The average molecular weight is 448 g/mol. The van der Waals surface area contributed by atoms with Crippen molar-refractivity contribution in [1.82, 2.24) is 19.9 Å². The number of hydrogen-bond donors (Lipinski definition) is 0. The number of hydrogen-bond acceptors (Lipinski definition) is 5. The molecule has 1 unspecified atom stereocenters. The van der Waals surface area contributed by atoms with Crippen LogP contribution in [0.4, 0.5) is 5.82 Å². The van der Waals surface area contributed by atoms with Gasteiger partial charge in [0, 0.05) is 36.3 Å². The van der Waals surface area contributed by atoms with Crippen LogP contribution in [-0.2, 0) is 22.6 Å². The van der Waals surface area contributed by atoms with Crippen molar-refractivity contribution in [3.05, 3.63) is 47.2 Å². The van der Waals surface area contributed by atoms with Gasteiger partial charge in [0.15, 0.2) is 5.82 Å². The summed E-state index contributed by atoms with van der Waals surface area (Å²) in [4.78, 5) is 44.5. The summed E-state index contributed by atoms with van der Waals surface area (Å²) in [6, 6.07) is 5.64. The molecular weight excluding hydrogens is 414 g/mol. The summed E-state index contributed by atoms with van der Waals surface area (Å²) in [6.45, 7) is 3.18. The normalized spacial score (nSPS) is 21.7. The van der Waals surface area contributed by atoms with Crippen LogP contribution in [0.1, 0.15) is 86.6 Å². The van der Waals surface area contributed by atoms with Gasteiger partial charge in [-0.3, -0.25) is 19.5 Å². The first-order valence-corrected chi connectivity index (χ1v) is 12.5. The lowest BCUT2D eigenvalue weighted by Crippen LogP contribution is -2.43. The largest absolute Gasteiger partial charge is 0.332 e. The van der Waals surface area contributed by atoms with E-state index in [4.69, 9.17) is 9.97 Å². The number of piperidine rings is 1. The minimum atomic E-state index is -0.106. The van der Waals surface area contributed by atoms with Crippen LogP contribution in [0.2, 0.25) is 0 Å². The van der Waals surface area contributed by atoms with Gasteiger partial charge in [0.2, 0.25) is 11.8 Å². The number of amides is 2. The van der Waals surface area contributed by atoms with Gasteiger partial charge < -0.3 is 4.90 Å². The lowest BCUT2D eigenvalue weighted by molar-refractivity contribution is -0.140. The fraction of sp³-hybridized carbons (Fsp3) is 0.577. The van der Waals surface area contributed by atoms with Crippen LogP contribution in [0.15, 0.2) is 24.4 Å². The highest BCUT2D eigenvalue weighted by Gasteiger charge is 2.36. The van der Waals surface area contributed by atoms with Crippen molar-refractivity contribution in [2.24, 2.45) is 5.92 Å². The Hall–Kier alpha value is -2.83. The van der Waals surface area contributed by atoms with Crippen molar-refractivity contribution in [3.8, 4) is 0 Å². The second kappa shape index (κ2) is 9.57. The van der Waals surface area contributed by atoms with E-state index in [-0.39, 0.29) is 23.8 Å². The second-order valence-electron chi connectivity index (χ2n) is 9.65. The Morgan fingerprint density at radius 1 is 1.03 bits per heavy atom. The Bertz CT molecular complexity index is 1020. The van der Waals surface area contributed by atoms with Gasteiger partial charge in [0.1, 0.15) is 5.82 Å². The molecule has 1 saturated heterocycles. The zero-order valence-corrected chi connectivity index (χ0v) is 19.5. The smallest absolute Gasteiger partial charge is 0.228 e. The molecule has 2 aromatic heterocycles. The fourth-order valence-electron chi connectivity index (χ4n) is 5.62. The number of carbonyl (C=O) groups is 2. The number of fused-ring (bicyclic) bond motifs is 1. The van der Waals surface area contributed by atoms with E-state index in [0.29, 0.717) is 31.0 Å². The van der Waals surface area contributed by atoms with Crippen LogP contribution >= 0.6 is 0 Å². The van der Waals surface area contributed by atoms with Crippen molar-refractivity contribution in [2.75, 3.05) is 11.4 Å². The Kier molecular flexibility index (Phi) is 6.38. The number of anilines is 1. The summed E-state index contributed by atoms with van der Waals surface area (Å²) in [6.07, 6.45) is 11.4. The van der Waals surface area contributed by atoms with Crippen molar-refractivity contribution in [1.29, 1.82) is 0 Å². The zero-order chi connectivity index (χ0) is 22.8. The number of rotatable bonds is 4. The predicted octanol–water partition coefficient (Wildman–Crippen LogP) is 4.29.